The van der Waals surface area contributed by atoms with E-state index in [-0.39, 0.29) is 42.4 Å². The first kappa shape index (κ1) is 28.9. The number of esters is 1. The Morgan fingerprint density at radius 1 is 1.08 bits per heavy atom. The highest BCUT2D eigenvalue weighted by molar-refractivity contribution is 5.94. The molecule has 4 rings (SSSR count). The van der Waals surface area contributed by atoms with E-state index in [0.29, 0.717) is 23.5 Å². The maximum absolute atomic E-state index is 12.4. The van der Waals surface area contributed by atoms with Gasteiger partial charge in [-0.15, -0.1) is 12.4 Å². The van der Waals surface area contributed by atoms with E-state index in [1.807, 2.05) is 54.6 Å². The standard InChI is InChI=1S/C28H32N4O5.ClH/c1-2-36-28(35)23-19-29-25(31-27(23)34)22-11-6-7-12-24(22)37-18-8-15-32-16-13-21(14-17-32)30-26(33)20-9-4-3-5-10-20;/h3-7,9-12,19,21H,2,8,13-18H2,1H3,(H,30,33)(H,29,31,34);1H. The highest BCUT2D eigenvalue weighted by Crippen LogP contribution is 2.29. The number of hydrogen-bond acceptors (Lipinski definition) is 8. The SMILES string of the molecule is CCOC(=O)c1cnc(-c2ccccc2OCCCN2CCC(NC(=O)c3ccccc3)CC2)nc1O.Cl. The normalized spacial score (nSPS) is 13.8. The Bertz CT molecular complexity index is 1200. The smallest absolute Gasteiger partial charge is 0.345 e. The van der Waals surface area contributed by atoms with Gasteiger partial charge >= 0.3 is 5.97 Å². The third-order valence-corrected chi connectivity index (χ3v) is 6.23. The number of nitrogens with zero attached hydrogens (tertiary/aromatic N) is 3. The molecule has 1 aliphatic rings. The largest absolute Gasteiger partial charge is 0.493 e. The summed E-state index contributed by atoms with van der Waals surface area (Å²) in [6, 6.07) is 16.8. The second-order valence-electron chi connectivity index (χ2n) is 8.80. The van der Waals surface area contributed by atoms with Crippen LogP contribution in [0.2, 0.25) is 0 Å². The van der Waals surface area contributed by atoms with Crippen molar-refractivity contribution in [2.45, 2.75) is 32.2 Å². The van der Waals surface area contributed by atoms with Crippen LogP contribution >= 0.6 is 12.4 Å². The van der Waals surface area contributed by atoms with Crippen LogP contribution in [0.15, 0.2) is 60.8 Å². The summed E-state index contributed by atoms with van der Waals surface area (Å²) in [7, 11) is 0. The quantitative estimate of drug-likeness (QED) is 0.292. The predicted octanol–water partition coefficient (Wildman–Crippen LogP) is 4.11. The molecule has 0 bridgehead atoms. The van der Waals surface area contributed by atoms with Gasteiger partial charge in [-0.2, -0.15) is 4.98 Å². The molecule has 10 heteroatoms. The maximum Gasteiger partial charge on any atom is 0.345 e. The molecule has 1 aliphatic heterocycles. The number of amides is 1. The van der Waals surface area contributed by atoms with Crippen LogP contribution in [0.4, 0.5) is 0 Å². The lowest BCUT2D eigenvalue weighted by atomic mass is 10.0. The summed E-state index contributed by atoms with van der Waals surface area (Å²) in [6.45, 7) is 5.14. The maximum atomic E-state index is 12.4. The van der Waals surface area contributed by atoms with E-state index in [1.54, 1.807) is 6.92 Å². The zero-order valence-corrected chi connectivity index (χ0v) is 22.2. The lowest BCUT2D eigenvalue weighted by Gasteiger charge is -2.32. The number of aromatic hydroxyl groups is 1. The first-order chi connectivity index (χ1) is 18.0. The number of carbonyl (C=O) groups excluding carboxylic acids is 2. The van der Waals surface area contributed by atoms with Gasteiger partial charge in [-0.25, -0.2) is 9.78 Å². The van der Waals surface area contributed by atoms with Gasteiger partial charge in [0.15, 0.2) is 5.82 Å². The van der Waals surface area contributed by atoms with Gasteiger partial charge in [0, 0.05) is 37.4 Å². The van der Waals surface area contributed by atoms with E-state index < -0.39 is 11.8 Å². The monoisotopic (exact) mass is 540 g/mol. The molecular formula is C28H33ClN4O5. The van der Waals surface area contributed by atoms with Crippen LogP contribution in [0.5, 0.6) is 11.6 Å². The van der Waals surface area contributed by atoms with Crippen molar-refractivity contribution in [3.63, 3.8) is 0 Å². The van der Waals surface area contributed by atoms with Crippen LogP contribution in [0.3, 0.4) is 0 Å². The summed E-state index contributed by atoms with van der Waals surface area (Å²) in [5.41, 5.74) is 1.24. The molecule has 0 saturated carbocycles. The molecule has 1 fully saturated rings. The molecule has 9 nitrogen and oxygen atoms in total. The van der Waals surface area contributed by atoms with Crippen LogP contribution in [0.25, 0.3) is 11.4 Å². The fourth-order valence-electron chi connectivity index (χ4n) is 4.26. The van der Waals surface area contributed by atoms with E-state index in [9.17, 15) is 14.7 Å². The fourth-order valence-corrected chi connectivity index (χ4v) is 4.26. The molecule has 0 atom stereocenters. The van der Waals surface area contributed by atoms with Gasteiger partial charge in [-0.05, 0) is 50.5 Å². The van der Waals surface area contributed by atoms with Crippen molar-refractivity contribution in [2.75, 3.05) is 32.8 Å². The van der Waals surface area contributed by atoms with Crippen LogP contribution < -0.4 is 10.1 Å². The van der Waals surface area contributed by atoms with Crippen LogP contribution in [0, 0.1) is 0 Å². The highest BCUT2D eigenvalue weighted by Gasteiger charge is 2.21. The van der Waals surface area contributed by atoms with Crippen molar-refractivity contribution < 1.29 is 24.2 Å². The molecule has 1 amide bonds. The van der Waals surface area contributed by atoms with Crippen LogP contribution in [-0.4, -0.2) is 70.7 Å². The number of piperidine rings is 1. The van der Waals surface area contributed by atoms with Gasteiger partial charge in [0.05, 0.1) is 18.8 Å². The third-order valence-electron chi connectivity index (χ3n) is 6.23. The number of rotatable bonds is 10. The molecule has 0 unspecified atom stereocenters. The summed E-state index contributed by atoms with van der Waals surface area (Å²) in [5.74, 6) is -0.242. The van der Waals surface area contributed by atoms with Gasteiger partial charge < -0.3 is 24.8 Å². The zero-order valence-electron chi connectivity index (χ0n) is 21.3. The summed E-state index contributed by atoms with van der Waals surface area (Å²) in [4.78, 5) is 35.0. The molecule has 2 heterocycles. The number of ether oxygens (including phenoxy) is 2. The summed E-state index contributed by atoms with van der Waals surface area (Å²) >= 11 is 0. The number of para-hydroxylation sites is 1. The van der Waals surface area contributed by atoms with E-state index in [0.717, 1.165) is 38.9 Å². The number of nitrogens with one attached hydrogen (secondary N) is 1. The second kappa shape index (κ2) is 14.3. The minimum atomic E-state index is -0.668. The third kappa shape index (κ3) is 7.66. The van der Waals surface area contributed by atoms with Crippen molar-refractivity contribution in [3.8, 4) is 23.0 Å². The average molecular weight is 541 g/mol. The van der Waals surface area contributed by atoms with Crippen LogP contribution in [-0.2, 0) is 4.74 Å². The van der Waals surface area contributed by atoms with E-state index in [4.69, 9.17) is 9.47 Å². The topological polar surface area (TPSA) is 114 Å². The lowest BCUT2D eigenvalue weighted by Crippen LogP contribution is -2.45. The number of aromatic nitrogens is 2. The molecular weight excluding hydrogens is 508 g/mol. The summed E-state index contributed by atoms with van der Waals surface area (Å²) < 4.78 is 10.9. The van der Waals surface area contributed by atoms with Crippen molar-refractivity contribution in [2.24, 2.45) is 0 Å². The molecule has 0 radical (unpaired) electrons. The zero-order chi connectivity index (χ0) is 26.0. The number of benzene rings is 2. The molecule has 38 heavy (non-hydrogen) atoms. The van der Waals surface area contributed by atoms with Gasteiger partial charge in [-0.3, -0.25) is 4.79 Å². The molecule has 2 N–H and O–H groups in total. The first-order valence-corrected chi connectivity index (χ1v) is 12.6. The molecule has 2 aromatic carbocycles. The number of hydrogen-bond donors (Lipinski definition) is 2. The molecule has 0 aliphatic carbocycles. The van der Waals surface area contributed by atoms with Crippen molar-refractivity contribution in [1.82, 2.24) is 20.2 Å². The minimum Gasteiger partial charge on any atom is -0.493 e. The van der Waals surface area contributed by atoms with Gasteiger partial charge in [0.1, 0.15) is 11.3 Å². The number of halogens is 1. The van der Waals surface area contributed by atoms with E-state index in [1.165, 1.54) is 6.20 Å². The summed E-state index contributed by atoms with van der Waals surface area (Å²) in [5, 5.41) is 13.3. The molecule has 202 valence electrons. The van der Waals surface area contributed by atoms with E-state index >= 15 is 0 Å². The highest BCUT2D eigenvalue weighted by atomic mass is 35.5. The van der Waals surface area contributed by atoms with Crippen molar-refractivity contribution in [1.29, 1.82) is 0 Å². The van der Waals surface area contributed by atoms with Crippen LogP contribution in [0.1, 0.15) is 46.9 Å². The number of carbonyl (C=O) groups is 2. The van der Waals surface area contributed by atoms with E-state index in [2.05, 4.69) is 20.2 Å². The lowest BCUT2D eigenvalue weighted by molar-refractivity contribution is 0.0521. The van der Waals surface area contributed by atoms with Crippen molar-refractivity contribution in [3.05, 3.63) is 71.9 Å². The Hall–Kier alpha value is -3.69. The van der Waals surface area contributed by atoms with Gasteiger partial charge in [0.25, 0.3) is 5.91 Å². The second-order valence-corrected chi connectivity index (χ2v) is 8.80. The minimum absolute atomic E-state index is 0. The Balaban J connectivity index is 0.00000400. The Morgan fingerprint density at radius 3 is 2.50 bits per heavy atom. The fraction of sp³-hybridized carbons (Fsp3) is 0.357. The molecule has 1 aromatic heterocycles. The average Bonchev–Trinajstić information content (AvgIpc) is 2.92. The Morgan fingerprint density at radius 2 is 1.79 bits per heavy atom. The number of likely N-dealkylation sites (tertiary alicyclic amines) is 1. The molecule has 0 spiro atoms. The predicted molar refractivity (Wildman–Crippen MR) is 146 cm³/mol. The molecule has 1 saturated heterocycles. The van der Waals surface area contributed by atoms with Gasteiger partial charge in [-0.1, -0.05) is 30.3 Å². The first-order valence-electron chi connectivity index (χ1n) is 12.6. The summed E-state index contributed by atoms with van der Waals surface area (Å²) in [6.07, 6.45) is 3.94. The Labute approximate surface area is 228 Å². The Kier molecular flexibility index (Phi) is 10.9. The van der Waals surface area contributed by atoms with Gasteiger partial charge in [0.2, 0.25) is 5.88 Å². The molecule has 3 aromatic rings. The van der Waals surface area contributed by atoms with Crippen molar-refractivity contribution >= 4 is 24.3 Å².